The minimum absolute atomic E-state index is 0.0991. The highest BCUT2D eigenvalue weighted by atomic mass is 32.1. The number of pyridine rings is 1. The second-order valence-electron chi connectivity index (χ2n) is 8.59. The van der Waals surface area contributed by atoms with Gasteiger partial charge in [-0.25, -0.2) is 0 Å². The Labute approximate surface area is 218 Å². The van der Waals surface area contributed by atoms with Gasteiger partial charge in [-0.15, -0.1) is 0 Å². The Hall–Kier alpha value is -4.63. The van der Waals surface area contributed by atoms with Gasteiger partial charge in [-0.1, -0.05) is 66.7 Å². The maximum Gasteiger partial charge on any atom is 0.288 e. The molecule has 8 nitrogen and oxygen atoms in total. The number of carbonyl (C=O) groups is 3. The minimum Gasteiger partial charge on any atom is -0.356 e. The molecule has 0 spiro atoms. The van der Waals surface area contributed by atoms with Crippen molar-refractivity contribution in [1.29, 1.82) is 0 Å². The fourth-order valence-electron chi connectivity index (χ4n) is 4.38. The maximum atomic E-state index is 12.9. The van der Waals surface area contributed by atoms with E-state index in [1.54, 1.807) is 30.5 Å². The third-order valence-corrected chi connectivity index (χ3v) is 6.34. The minimum atomic E-state index is -0.444. The number of benzene rings is 3. The maximum absolute atomic E-state index is 12.9. The molecule has 2 heterocycles. The number of thiocarbonyl (C=S) groups is 1. The van der Waals surface area contributed by atoms with Crippen molar-refractivity contribution in [3.05, 3.63) is 114 Å². The van der Waals surface area contributed by atoms with Crippen LogP contribution in [0.1, 0.15) is 36.8 Å². The summed E-state index contributed by atoms with van der Waals surface area (Å²) >= 11 is 5.43. The zero-order valence-corrected chi connectivity index (χ0v) is 20.5. The van der Waals surface area contributed by atoms with E-state index in [2.05, 4.69) is 21.2 Å². The Morgan fingerprint density at radius 3 is 2.22 bits per heavy atom. The second kappa shape index (κ2) is 10.5. The highest BCUT2D eigenvalue weighted by Crippen LogP contribution is 2.23. The Bertz CT molecular complexity index is 1470. The van der Waals surface area contributed by atoms with Crippen LogP contribution in [0.3, 0.4) is 0 Å². The van der Waals surface area contributed by atoms with Crippen molar-refractivity contribution in [3.8, 4) is 0 Å². The molecule has 4 aromatic rings. The number of nitrogens with zero attached hydrogens (tertiary/aromatic N) is 2. The lowest BCUT2D eigenvalue weighted by atomic mass is 10.1. The molecule has 0 saturated heterocycles. The van der Waals surface area contributed by atoms with E-state index in [0.29, 0.717) is 17.5 Å². The molecule has 0 bridgehead atoms. The van der Waals surface area contributed by atoms with Crippen molar-refractivity contribution < 1.29 is 14.4 Å². The summed E-state index contributed by atoms with van der Waals surface area (Å²) in [7, 11) is 0. The number of imide groups is 1. The summed E-state index contributed by atoms with van der Waals surface area (Å²) in [5.41, 5.74) is 7.35. The highest BCUT2D eigenvalue weighted by molar-refractivity contribution is 7.80. The Kier molecular flexibility index (Phi) is 6.87. The fourth-order valence-corrected chi connectivity index (χ4v) is 4.60. The average molecular weight is 510 g/mol. The van der Waals surface area contributed by atoms with Gasteiger partial charge in [-0.2, -0.15) is 0 Å². The zero-order chi connectivity index (χ0) is 25.8. The molecule has 5 rings (SSSR count). The van der Waals surface area contributed by atoms with Crippen molar-refractivity contribution in [1.82, 2.24) is 26.1 Å². The molecule has 1 atom stereocenters. The Morgan fingerprint density at radius 1 is 0.838 bits per heavy atom. The second-order valence-corrected chi connectivity index (χ2v) is 8.99. The van der Waals surface area contributed by atoms with Gasteiger partial charge in [0.25, 0.3) is 17.7 Å². The Morgan fingerprint density at radius 2 is 1.49 bits per heavy atom. The van der Waals surface area contributed by atoms with E-state index in [1.807, 2.05) is 60.7 Å². The third-order valence-electron chi connectivity index (χ3n) is 6.12. The van der Waals surface area contributed by atoms with Crippen molar-refractivity contribution in [2.75, 3.05) is 6.54 Å². The van der Waals surface area contributed by atoms with Gasteiger partial charge in [0.1, 0.15) is 5.69 Å². The lowest BCUT2D eigenvalue weighted by molar-refractivity contribution is 0.0641. The van der Waals surface area contributed by atoms with Crippen molar-refractivity contribution in [3.63, 3.8) is 0 Å². The summed E-state index contributed by atoms with van der Waals surface area (Å²) in [6.07, 6.45) is 2.07. The topological polar surface area (TPSA) is 103 Å². The van der Waals surface area contributed by atoms with Crippen LogP contribution in [0.2, 0.25) is 0 Å². The van der Waals surface area contributed by atoms with Crippen LogP contribution in [0.25, 0.3) is 10.8 Å². The largest absolute Gasteiger partial charge is 0.356 e. The van der Waals surface area contributed by atoms with E-state index < -0.39 is 11.9 Å². The van der Waals surface area contributed by atoms with E-state index in [4.69, 9.17) is 12.2 Å². The molecule has 184 valence electrons. The summed E-state index contributed by atoms with van der Waals surface area (Å²) in [6.45, 7) is 0.0991. The smallest absolute Gasteiger partial charge is 0.288 e. The number of hydrogen-bond acceptors (Lipinski definition) is 5. The molecule has 1 aliphatic rings. The molecular formula is C28H23N5O3S. The molecule has 0 fully saturated rings. The van der Waals surface area contributed by atoms with Gasteiger partial charge in [-0.3, -0.25) is 35.1 Å². The van der Waals surface area contributed by atoms with Gasteiger partial charge in [0, 0.05) is 18.1 Å². The predicted octanol–water partition coefficient (Wildman–Crippen LogP) is 3.25. The summed E-state index contributed by atoms with van der Waals surface area (Å²) in [4.78, 5) is 44.1. The summed E-state index contributed by atoms with van der Waals surface area (Å²) in [5, 5.41) is 4.90. The van der Waals surface area contributed by atoms with Gasteiger partial charge in [0.05, 0.1) is 17.2 Å². The number of hydrazine groups is 1. The van der Waals surface area contributed by atoms with Gasteiger partial charge in [-0.05, 0) is 47.8 Å². The molecule has 3 N–H and O–H groups in total. The van der Waals surface area contributed by atoms with Crippen LogP contribution in [0.4, 0.5) is 0 Å². The molecule has 9 heteroatoms. The van der Waals surface area contributed by atoms with Crippen molar-refractivity contribution >= 4 is 45.8 Å². The van der Waals surface area contributed by atoms with E-state index >= 15 is 0 Å². The summed E-state index contributed by atoms with van der Waals surface area (Å²) in [6, 6.07) is 25.3. The van der Waals surface area contributed by atoms with E-state index in [-0.39, 0.29) is 29.2 Å². The molecule has 0 saturated carbocycles. The van der Waals surface area contributed by atoms with Gasteiger partial charge in [0.2, 0.25) is 0 Å². The van der Waals surface area contributed by atoms with Crippen LogP contribution in [-0.2, 0) is 6.42 Å². The van der Waals surface area contributed by atoms with Crippen LogP contribution >= 0.6 is 12.2 Å². The van der Waals surface area contributed by atoms with Crippen LogP contribution in [-0.4, -0.2) is 45.3 Å². The number of hydrogen-bond donors (Lipinski definition) is 3. The number of amides is 3. The lowest BCUT2D eigenvalue weighted by Gasteiger charge is -2.25. The van der Waals surface area contributed by atoms with E-state index in [1.165, 1.54) is 4.90 Å². The van der Waals surface area contributed by atoms with Crippen LogP contribution in [0, 0.1) is 0 Å². The lowest BCUT2D eigenvalue weighted by Crippen LogP contribution is -2.53. The first-order valence-electron chi connectivity index (χ1n) is 11.7. The van der Waals surface area contributed by atoms with Crippen LogP contribution in [0.5, 0.6) is 0 Å². The number of aromatic nitrogens is 1. The first-order chi connectivity index (χ1) is 18.0. The molecule has 0 aliphatic carbocycles. The van der Waals surface area contributed by atoms with E-state index in [0.717, 1.165) is 16.3 Å². The third kappa shape index (κ3) is 5.17. The van der Waals surface area contributed by atoms with Crippen LogP contribution in [0.15, 0.2) is 91.1 Å². The van der Waals surface area contributed by atoms with Crippen molar-refractivity contribution in [2.24, 2.45) is 0 Å². The number of carbonyl (C=O) groups excluding carboxylic acids is 3. The summed E-state index contributed by atoms with van der Waals surface area (Å²) < 4.78 is 0. The van der Waals surface area contributed by atoms with Gasteiger partial charge < -0.3 is 5.32 Å². The number of rotatable bonds is 6. The van der Waals surface area contributed by atoms with Gasteiger partial charge in [0.15, 0.2) is 5.11 Å². The molecule has 1 aliphatic heterocycles. The highest BCUT2D eigenvalue weighted by Gasteiger charge is 2.36. The average Bonchev–Trinajstić information content (AvgIpc) is 3.17. The predicted molar refractivity (Wildman–Crippen MR) is 144 cm³/mol. The molecule has 0 radical (unpaired) electrons. The molecular weight excluding hydrogens is 486 g/mol. The normalized spacial score (nSPS) is 13.2. The van der Waals surface area contributed by atoms with Crippen molar-refractivity contribution in [2.45, 2.75) is 12.5 Å². The quantitative estimate of drug-likeness (QED) is 0.208. The molecule has 0 unspecified atom stereocenters. The Balaban J connectivity index is 1.28. The first kappa shape index (κ1) is 24.1. The summed E-state index contributed by atoms with van der Waals surface area (Å²) in [5.74, 6) is -1.12. The molecule has 1 aromatic heterocycles. The van der Waals surface area contributed by atoms with Crippen LogP contribution < -0.4 is 16.2 Å². The molecule has 37 heavy (non-hydrogen) atoms. The van der Waals surface area contributed by atoms with E-state index in [9.17, 15) is 14.4 Å². The first-order valence-corrected chi connectivity index (χ1v) is 12.1. The van der Waals surface area contributed by atoms with Gasteiger partial charge >= 0.3 is 0 Å². The molecule has 3 amide bonds. The fraction of sp³-hybridized carbons (Fsp3) is 0.107. The standard InChI is InChI=1S/C28H23N5O3S/c34-25(24-21-11-5-4-10-19(21)14-15-29-24)31-32-28(37)30-20(16-18-8-2-1-3-9-18)17-33-26(35)22-12-6-7-13-23(22)27(33)36/h1-15,20H,16-17H2,(H,31,34)(H2,30,32,37)/t20-/m0/s1. The number of nitrogens with one attached hydrogen (secondary N) is 3. The number of fused-ring (bicyclic) bond motifs is 2. The SMILES string of the molecule is O=C(NNC(=S)N[C@@H](Cc1ccccc1)CN1C(=O)c2ccccc2C1=O)c1nccc2ccccc12. The monoisotopic (exact) mass is 509 g/mol. The zero-order valence-electron chi connectivity index (χ0n) is 19.7. The molecule has 3 aromatic carbocycles.